The average molecular weight is 311 g/mol. The Kier molecular flexibility index (Phi) is 5.55. The first kappa shape index (κ1) is 13.9. The highest BCUT2D eigenvalue weighted by molar-refractivity contribution is 9.09. The lowest BCUT2D eigenvalue weighted by Gasteiger charge is -2.26. The van der Waals surface area contributed by atoms with Crippen LogP contribution in [0.5, 0.6) is 5.75 Å². The first-order chi connectivity index (χ1) is 8.81. The Labute approximate surface area is 119 Å². The first-order valence-electron chi connectivity index (χ1n) is 7.17. The van der Waals surface area contributed by atoms with Gasteiger partial charge in [-0.1, -0.05) is 53.9 Å². The predicted molar refractivity (Wildman–Crippen MR) is 80.8 cm³/mol. The molecule has 0 aromatic heterocycles. The van der Waals surface area contributed by atoms with Gasteiger partial charge in [0, 0.05) is 4.83 Å². The molecule has 1 aromatic carbocycles. The summed E-state index contributed by atoms with van der Waals surface area (Å²) in [4.78, 5) is 0.706. The van der Waals surface area contributed by atoms with Crippen molar-refractivity contribution in [1.29, 1.82) is 0 Å². The highest BCUT2D eigenvalue weighted by atomic mass is 79.9. The molecule has 0 fully saturated rings. The zero-order chi connectivity index (χ0) is 12.8. The molecular weight excluding hydrogens is 288 g/mol. The van der Waals surface area contributed by atoms with E-state index >= 15 is 0 Å². The Hall–Kier alpha value is -0.500. The van der Waals surface area contributed by atoms with Gasteiger partial charge in [0.25, 0.3) is 0 Å². The first-order valence-corrected chi connectivity index (χ1v) is 8.08. The third-order valence-corrected chi connectivity index (χ3v) is 4.67. The van der Waals surface area contributed by atoms with Crippen LogP contribution in [0.3, 0.4) is 0 Å². The van der Waals surface area contributed by atoms with Gasteiger partial charge in [-0.2, -0.15) is 0 Å². The largest absolute Gasteiger partial charge is 0.493 e. The van der Waals surface area contributed by atoms with E-state index in [4.69, 9.17) is 4.74 Å². The van der Waals surface area contributed by atoms with Gasteiger partial charge in [0.2, 0.25) is 0 Å². The molecule has 0 radical (unpaired) electrons. The van der Waals surface area contributed by atoms with E-state index in [1.807, 2.05) is 0 Å². The Morgan fingerprint density at radius 2 is 2.17 bits per heavy atom. The van der Waals surface area contributed by atoms with Crippen LogP contribution in [0.4, 0.5) is 0 Å². The lowest BCUT2D eigenvalue weighted by molar-refractivity contribution is 0.261. The fraction of sp³-hybridized carbons (Fsp3) is 0.625. The fourth-order valence-electron chi connectivity index (χ4n) is 2.76. The van der Waals surface area contributed by atoms with Crippen molar-refractivity contribution < 1.29 is 4.74 Å². The Bertz CT molecular complexity index is 364. The van der Waals surface area contributed by atoms with Crippen LogP contribution in [0, 0.1) is 0 Å². The maximum atomic E-state index is 5.71. The smallest absolute Gasteiger partial charge is 0.122 e. The number of halogens is 1. The van der Waals surface area contributed by atoms with Crippen LogP contribution >= 0.6 is 15.9 Å². The number of rotatable bonds is 6. The molecule has 1 aliphatic heterocycles. The van der Waals surface area contributed by atoms with E-state index in [1.54, 1.807) is 0 Å². The highest BCUT2D eigenvalue weighted by Crippen LogP contribution is 2.36. The summed E-state index contributed by atoms with van der Waals surface area (Å²) in [5, 5.41) is 0. The van der Waals surface area contributed by atoms with E-state index < -0.39 is 0 Å². The standard InChI is InChI=1S/C16H23BrO/c1-2-6-14(17)8-5-7-13-11-12-18-16-10-4-3-9-15(13)16/h3-4,9-10,13-14H,2,5-8,11-12H2,1H3. The molecular formula is C16H23BrO. The van der Waals surface area contributed by atoms with Crippen molar-refractivity contribution in [3.8, 4) is 5.75 Å². The second-order valence-electron chi connectivity index (χ2n) is 5.19. The van der Waals surface area contributed by atoms with Crippen LogP contribution in [0.15, 0.2) is 24.3 Å². The summed E-state index contributed by atoms with van der Waals surface area (Å²) in [7, 11) is 0. The Balaban J connectivity index is 1.84. The minimum atomic E-state index is 0.705. The quantitative estimate of drug-likeness (QED) is 0.649. The average Bonchev–Trinajstić information content (AvgIpc) is 2.39. The number of ether oxygens (including phenoxy) is 1. The van der Waals surface area contributed by atoms with E-state index in [9.17, 15) is 0 Å². The third kappa shape index (κ3) is 3.74. The number of alkyl halides is 1. The van der Waals surface area contributed by atoms with Gasteiger partial charge < -0.3 is 4.74 Å². The molecule has 1 heterocycles. The summed E-state index contributed by atoms with van der Waals surface area (Å²) in [5.41, 5.74) is 1.42. The van der Waals surface area contributed by atoms with Crippen LogP contribution in [0.25, 0.3) is 0 Å². The minimum Gasteiger partial charge on any atom is -0.493 e. The fourth-order valence-corrected chi connectivity index (χ4v) is 3.54. The van der Waals surface area contributed by atoms with E-state index in [2.05, 4.69) is 47.1 Å². The third-order valence-electron chi connectivity index (χ3n) is 3.75. The summed E-state index contributed by atoms with van der Waals surface area (Å²) in [6.07, 6.45) is 7.66. The molecule has 1 aliphatic rings. The normalized spacial score (nSPS) is 20.0. The molecule has 18 heavy (non-hydrogen) atoms. The topological polar surface area (TPSA) is 9.23 Å². The van der Waals surface area contributed by atoms with Crippen molar-refractivity contribution in [3.05, 3.63) is 29.8 Å². The summed E-state index contributed by atoms with van der Waals surface area (Å²) < 4.78 is 5.71. The number of fused-ring (bicyclic) bond motifs is 1. The molecule has 2 rings (SSSR count). The van der Waals surface area contributed by atoms with E-state index in [0.29, 0.717) is 10.7 Å². The van der Waals surface area contributed by atoms with Crippen LogP contribution < -0.4 is 4.74 Å². The van der Waals surface area contributed by atoms with Crippen LogP contribution in [-0.2, 0) is 0 Å². The molecule has 100 valence electrons. The van der Waals surface area contributed by atoms with Crippen molar-refractivity contribution in [2.45, 2.75) is 56.2 Å². The molecule has 0 N–H and O–H groups in total. The van der Waals surface area contributed by atoms with Crippen LogP contribution in [-0.4, -0.2) is 11.4 Å². The van der Waals surface area contributed by atoms with Gasteiger partial charge in [0.05, 0.1) is 6.61 Å². The van der Waals surface area contributed by atoms with Crippen molar-refractivity contribution in [3.63, 3.8) is 0 Å². The Morgan fingerprint density at radius 3 is 3.00 bits per heavy atom. The second-order valence-corrected chi connectivity index (χ2v) is 6.48. The molecule has 0 saturated carbocycles. The molecule has 0 bridgehead atoms. The maximum Gasteiger partial charge on any atom is 0.122 e. The maximum absolute atomic E-state index is 5.71. The number of benzene rings is 1. The summed E-state index contributed by atoms with van der Waals surface area (Å²) in [6, 6.07) is 8.53. The molecule has 0 aliphatic carbocycles. The van der Waals surface area contributed by atoms with E-state index in [1.165, 1.54) is 44.1 Å². The Morgan fingerprint density at radius 1 is 1.33 bits per heavy atom. The number of para-hydroxylation sites is 1. The van der Waals surface area contributed by atoms with E-state index in [-0.39, 0.29) is 0 Å². The minimum absolute atomic E-state index is 0.705. The summed E-state index contributed by atoms with van der Waals surface area (Å²) in [5.74, 6) is 1.81. The highest BCUT2D eigenvalue weighted by Gasteiger charge is 2.20. The molecule has 1 nitrogen and oxygen atoms in total. The molecule has 0 amide bonds. The van der Waals surface area contributed by atoms with Crippen LogP contribution in [0.1, 0.15) is 56.9 Å². The van der Waals surface area contributed by atoms with Gasteiger partial charge >= 0.3 is 0 Å². The molecule has 1 aromatic rings. The number of hydrogen-bond acceptors (Lipinski definition) is 1. The zero-order valence-corrected chi connectivity index (χ0v) is 12.8. The molecule has 2 unspecified atom stereocenters. The van der Waals surface area contributed by atoms with Gasteiger partial charge in [0.15, 0.2) is 0 Å². The van der Waals surface area contributed by atoms with Gasteiger partial charge in [-0.25, -0.2) is 0 Å². The number of hydrogen-bond donors (Lipinski definition) is 0. The van der Waals surface area contributed by atoms with E-state index in [0.717, 1.165) is 12.4 Å². The van der Waals surface area contributed by atoms with Crippen molar-refractivity contribution in [1.82, 2.24) is 0 Å². The SMILES string of the molecule is CCCC(Br)CCCC1CCOc2ccccc21. The van der Waals surface area contributed by atoms with Gasteiger partial charge in [-0.05, 0) is 43.2 Å². The van der Waals surface area contributed by atoms with Gasteiger partial charge in [-0.15, -0.1) is 0 Å². The lowest BCUT2D eigenvalue weighted by Crippen LogP contribution is -2.14. The van der Waals surface area contributed by atoms with Crippen LogP contribution in [0.2, 0.25) is 0 Å². The summed E-state index contributed by atoms with van der Waals surface area (Å²) >= 11 is 3.77. The lowest BCUT2D eigenvalue weighted by atomic mass is 9.88. The second kappa shape index (κ2) is 7.18. The van der Waals surface area contributed by atoms with Gasteiger partial charge in [-0.3, -0.25) is 0 Å². The monoisotopic (exact) mass is 310 g/mol. The predicted octanol–water partition coefficient (Wildman–Crippen LogP) is 5.29. The zero-order valence-electron chi connectivity index (χ0n) is 11.2. The molecule has 2 atom stereocenters. The summed E-state index contributed by atoms with van der Waals surface area (Å²) in [6.45, 7) is 3.14. The van der Waals surface area contributed by atoms with Crippen molar-refractivity contribution in [2.24, 2.45) is 0 Å². The van der Waals surface area contributed by atoms with Crippen molar-refractivity contribution in [2.75, 3.05) is 6.61 Å². The molecule has 0 spiro atoms. The van der Waals surface area contributed by atoms with Crippen molar-refractivity contribution >= 4 is 15.9 Å². The van der Waals surface area contributed by atoms with Gasteiger partial charge in [0.1, 0.15) is 5.75 Å². The molecule has 2 heteroatoms. The molecule has 0 saturated heterocycles.